The molecular formula is C18H25F4N3O2. The van der Waals surface area contributed by atoms with Crippen LogP contribution in [0.2, 0.25) is 0 Å². The van der Waals surface area contributed by atoms with Crippen molar-refractivity contribution in [1.82, 2.24) is 4.98 Å². The first-order valence-electron chi connectivity index (χ1n) is 9.07. The molecule has 4 N–H and O–H groups in total. The quantitative estimate of drug-likeness (QED) is 0.509. The minimum Gasteiger partial charge on any atom is -0.474 e. The summed E-state index contributed by atoms with van der Waals surface area (Å²) in [6, 6.07) is 1.37. The molecule has 1 aromatic rings. The number of nitrogens with zero attached hydrogens (tertiary/aromatic N) is 1. The van der Waals surface area contributed by atoms with Crippen LogP contribution >= 0.6 is 0 Å². The van der Waals surface area contributed by atoms with E-state index in [0.29, 0.717) is 25.7 Å². The Morgan fingerprint density at radius 2 is 1.89 bits per heavy atom. The van der Waals surface area contributed by atoms with E-state index in [4.69, 9.17) is 16.2 Å². The van der Waals surface area contributed by atoms with Crippen LogP contribution in [0.3, 0.4) is 0 Å². The van der Waals surface area contributed by atoms with Gasteiger partial charge in [0.25, 0.3) is 0 Å². The number of hydrogen-bond donors (Lipinski definition) is 2. The molecule has 1 fully saturated rings. The molecule has 0 radical (unpaired) electrons. The van der Waals surface area contributed by atoms with Crippen molar-refractivity contribution in [2.24, 2.45) is 11.8 Å². The van der Waals surface area contributed by atoms with Gasteiger partial charge in [0.1, 0.15) is 13.3 Å². The highest BCUT2D eigenvalue weighted by molar-refractivity contribution is 5.99. The zero-order valence-corrected chi connectivity index (χ0v) is 15.0. The number of alkyl halides is 4. The maximum atomic E-state index is 12.7. The minimum atomic E-state index is -4.11. The molecule has 0 spiro atoms. The SMILES string of the molecule is Nc1cc(C(=O)CCCC2CCC(C(F)(F)F)CC2)c(OCCF)nc1N. The molecule has 5 nitrogen and oxygen atoms in total. The van der Waals surface area contributed by atoms with Gasteiger partial charge in [-0.1, -0.05) is 6.42 Å². The second-order valence-electron chi connectivity index (χ2n) is 6.93. The number of rotatable bonds is 8. The summed E-state index contributed by atoms with van der Waals surface area (Å²) in [5.74, 6) is -1.30. The van der Waals surface area contributed by atoms with Gasteiger partial charge in [0, 0.05) is 6.42 Å². The predicted molar refractivity (Wildman–Crippen MR) is 94.2 cm³/mol. The lowest BCUT2D eigenvalue weighted by molar-refractivity contribution is -0.184. The third kappa shape index (κ3) is 5.97. The summed E-state index contributed by atoms with van der Waals surface area (Å²) in [5, 5.41) is 0. The number of ether oxygens (including phenoxy) is 1. The standard InChI is InChI=1S/C18H25F4N3O2/c19-8-9-27-17-13(10-14(23)16(24)25-17)15(26)3-1-2-11-4-6-12(7-5-11)18(20,21)22/h10-12H,1-9,23H2,(H2,24,25). The fourth-order valence-electron chi connectivity index (χ4n) is 3.43. The molecule has 0 aromatic carbocycles. The van der Waals surface area contributed by atoms with Crippen LogP contribution < -0.4 is 16.2 Å². The van der Waals surface area contributed by atoms with Crippen molar-refractivity contribution < 1.29 is 27.1 Å². The lowest BCUT2D eigenvalue weighted by Crippen LogP contribution is -2.27. The summed E-state index contributed by atoms with van der Waals surface area (Å²) in [6.07, 6.45) is -1.32. The number of ketones is 1. The van der Waals surface area contributed by atoms with Crippen LogP contribution in [0.25, 0.3) is 0 Å². The number of carbonyl (C=O) groups is 1. The van der Waals surface area contributed by atoms with Crippen LogP contribution in [0.5, 0.6) is 5.88 Å². The van der Waals surface area contributed by atoms with E-state index < -0.39 is 18.8 Å². The molecule has 1 aliphatic carbocycles. The Morgan fingerprint density at radius 3 is 2.48 bits per heavy atom. The van der Waals surface area contributed by atoms with Gasteiger partial charge < -0.3 is 16.2 Å². The van der Waals surface area contributed by atoms with Gasteiger partial charge in [0.15, 0.2) is 11.6 Å². The first-order chi connectivity index (χ1) is 12.7. The zero-order valence-electron chi connectivity index (χ0n) is 15.0. The van der Waals surface area contributed by atoms with Crippen molar-refractivity contribution in [1.29, 1.82) is 0 Å². The average molecular weight is 391 g/mol. The van der Waals surface area contributed by atoms with E-state index in [2.05, 4.69) is 4.98 Å². The first-order valence-corrected chi connectivity index (χ1v) is 9.07. The Balaban J connectivity index is 1.86. The fourth-order valence-corrected chi connectivity index (χ4v) is 3.43. The zero-order chi connectivity index (χ0) is 20.0. The van der Waals surface area contributed by atoms with Crippen molar-refractivity contribution in [3.63, 3.8) is 0 Å². The average Bonchev–Trinajstić information content (AvgIpc) is 2.62. The molecule has 1 aromatic heterocycles. The molecule has 0 saturated heterocycles. The van der Waals surface area contributed by atoms with Crippen molar-refractivity contribution in [3.8, 4) is 5.88 Å². The van der Waals surface area contributed by atoms with Crippen LogP contribution in [0.1, 0.15) is 55.3 Å². The third-order valence-corrected chi connectivity index (χ3v) is 4.99. The summed E-state index contributed by atoms with van der Waals surface area (Å²) in [5.41, 5.74) is 11.6. The number of anilines is 2. The lowest BCUT2D eigenvalue weighted by Gasteiger charge is -2.29. The highest BCUT2D eigenvalue weighted by atomic mass is 19.4. The van der Waals surface area contributed by atoms with E-state index in [1.54, 1.807) is 0 Å². The van der Waals surface area contributed by atoms with Gasteiger partial charge in [-0.25, -0.2) is 4.39 Å². The summed E-state index contributed by atoms with van der Waals surface area (Å²) >= 11 is 0. The molecule has 27 heavy (non-hydrogen) atoms. The van der Waals surface area contributed by atoms with Crippen LogP contribution in [-0.4, -0.2) is 30.2 Å². The van der Waals surface area contributed by atoms with Crippen LogP contribution in [0.15, 0.2) is 6.07 Å². The van der Waals surface area contributed by atoms with Crippen molar-refractivity contribution in [2.45, 2.75) is 51.1 Å². The molecule has 152 valence electrons. The van der Waals surface area contributed by atoms with E-state index in [1.807, 2.05) is 0 Å². The molecule has 1 aliphatic rings. The minimum absolute atomic E-state index is 0.00170. The van der Waals surface area contributed by atoms with Gasteiger partial charge in [-0.2, -0.15) is 18.2 Å². The largest absolute Gasteiger partial charge is 0.474 e. The molecule has 0 unspecified atom stereocenters. The first kappa shape index (κ1) is 21.2. The maximum absolute atomic E-state index is 12.7. The van der Waals surface area contributed by atoms with E-state index in [1.165, 1.54) is 6.07 Å². The van der Waals surface area contributed by atoms with E-state index in [-0.39, 0.29) is 60.5 Å². The van der Waals surface area contributed by atoms with Crippen LogP contribution in [-0.2, 0) is 0 Å². The van der Waals surface area contributed by atoms with Crippen LogP contribution in [0, 0.1) is 11.8 Å². The Kier molecular flexibility index (Phi) is 7.26. The molecule has 0 aliphatic heterocycles. The molecule has 1 heterocycles. The normalized spacial score (nSPS) is 20.4. The molecular weight excluding hydrogens is 366 g/mol. The Hall–Kier alpha value is -2.06. The monoisotopic (exact) mass is 391 g/mol. The van der Waals surface area contributed by atoms with Gasteiger partial charge in [-0.05, 0) is 44.1 Å². The molecule has 0 atom stereocenters. The smallest absolute Gasteiger partial charge is 0.391 e. The molecule has 0 bridgehead atoms. The van der Waals surface area contributed by atoms with Gasteiger partial charge >= 0.3 is 6.18 Å². The van der Waals surface area contributed by atoms with E-state index >= 15 is 0 Å². The number of nitrogen functional groups attached to an aromatic ring is 2. The van der Waals surface area contributed by atoms with Gasteiger partial charge in [-0.15, -0.1) is 0 Å². The van der Waals surface area contributed by atoms with Crippen LogP contribution in [0.4, 0.5) is 29.1 Å². The molecule has 9 heteroatoms. The molecule has 2 rings (SSSR count). The lowest BCUT2D eigenvalue weighted by atomic mass is 9.79. The highest BCUT2D eigenvalue weighted by Gasteiger charge is 2.41. The number of halogens is 4. The second-order valence-corrected chi connectivity index (χ2v) is 6.93. The second kappa shape index (κ2) is 9.23. The highest BCUT2D eigenvalue weighted by Crippen LogP contribution is 2.40. The number of aromatic nitrogens is 1. The van der Waals surface area contributed by atoms with Crippen molar-refractivity contribution >= 4 is 17.3 Å². The number of nitrogens with two attached hydrogens (primary N) is 2. The summed E-state index contributed by atoms with van der Waals surface area (Å²) in [4.78, 5) is 16.4. The van der Waals surface area contributed by atoms with Crippen molar-refractivity contribution in [3.05, 3.63) is 11.6 Å². The Bertz CT molecular complexity index is 644. The fraction of sp³-hybridized carbons (Fsp3) is 0.667. The topological polar surface area (TPSA) is 91.2 Å². The summed E-state index contributed by atoms with van der Waals surface area (Å²) in [7, 11) is 0. The number of carbonyl (C=O) groups excluding carboxylic acids is 1. The van der Waals surface area contributed by atoms with Crippen molar-refractivity contribution in [2.75, 3.05) is 24.7 Å². The summed E-state index contributed by atoms with van der Waals surface area (Å²) in [6.45, 7) is -0.987. The number of Topliss-reactive ketones (excluding diaryl/α,β-unsaturated/α-hetero) is 1. The van der Waals surface area contributed by atoms with E-state index in [9.17, 15) is 22.4 Å². The molecule has 0 amide bonds. The predicted octanol–water partition coefficient (Wildman–Crippen LogP) is 4.32. The maximum Gasteiger partial charge on any atom is 0.391 e. The summed E-state index contributed by atoms with van der Waals surface area (Å²) < 4.78 is 55.6. The van der Waals surface area contributed by atoms with Gasteiger partial charge in [0.05, 0.1) is 17.2 Å². The Labute approximate surface area is 155 Å². The third-order valence-electron chi connectivity index (χ3n) is 4.99. The van der Waals surface area contributed by atoms with Gasteiger partial charge in [-0.3, -0.25) is 4.79 Å². The number of pyridine rings is 1. The van der Waals surface area contributed by atoms with E-state index in [0.717, 1.165) is 0 Å². The number of hydrogen-bond acceptors (Lipinski definition) is 5. The van der Waals surface area contributed by atoms with Gasteiger partial charge in [0.2, 0.25) is 5.88 Å². The molecule has 1 saturated carbocycles. The Morgan fingerprint density at radius 1 is 1.22 bits per heavy atom.